The zero-order chi connectivity index (χ0) is 10.6. The first-order chi connectivity index (χ1) is 6.61. The highest BCUT2D eigenvalue weighted by Gasteiger charge is 2.26. The molecule has 84 valence electrons. The van der Waals surface area contributed by atoms with Gasteiger partial charge in [0.05, 0.1) is 0 Å². The van der Waals surface area contributed by atoms with E-state index in [0.717, 1.165) is 24.1 Å². The van der Waals surface area contributed by atoms with Crippen molar-refractivity contribution in [2.24, 2.45) is 11.8 Å². The quantitative estimate of drug-likeness (QED) is 0.778. The third-order valence-electron chi connectivity index (χ3n) is 3.31. The van der Waals surface area contributed by atoms with Crippen molar-refractivity contribution in [1.29, 1.82) is 0 Å². The summed E-state index contributed by atoms with van der Waals surface area (Å²) in [4.78, 5) is 0. The van der Waals surface area contributed by atoms with Crippen LogP contribution in [0, 0.1) is 11.8 Å². The molecule has 3 atom stereocenters. The lowest BCUT2D eigenvalue weighted by Gasteiger charge is -2.35. The minimum Gasteiger partial charge on any atom is -0.313 e. The normalized spacial score (nSPS) is 35.5. The zero-order valence-electron chi connectivity index (χ0n) is 9.58. The summed E-state index contributed by atoms with van der Waals surface area (Å²) in [5, 5.41) is 3.56. The molecule has 0 radical (unpaired) electrons. The highest BCUT2D eigenvalue weighted by atomic mass is 32.2. The van der Waals surface area contributed by atoms with Gasteiger partial charge in [-0.25, -0.2) is 0 Å². The second kappa shape index (κ2) is 5.86. The molecule has 0 bridgehead atoms. The number of nitrogens with one attached hydrogen (secondary N) is 1. The summed E-state index contributed by atoms with van der Waals surface area (Å²) in [6.07, 6.45) is 5.84. The van der Waals surface area contributed by atoms with Crippen LogP contribution in [0.1, 0.15) is 33.1 Å². The molecular formula is C11H23NOS. The zero-order valence-corrected chi connectivity index (χ0v) is 10.4. The lowest BCUT2D eigenvalue weighted by atomic mass is 9.79. The Labute approximate surface area is 90.3 Å². The Morgan fingerprint density at radius 2 is 1.86 bits per heavy atom. The molecule has 0 spiro atoms. The number of rotatable bonds is 4. The molecule has 1 N–H and O–H groups in total. The fraction of sp³-hybridized carbons (Fsp3) is 1.00. The van der Waals surface area contributed by atoms with Crippen molar-refractivity contribution in [3.63, 3.8) is 0 Å². The van der Waals surface area contributed by atoms with E-state index in [9.17, 15) is 4.21 Å². The van der Waals surface area contributed by atoms with Gasteiger partial charge in [0, 0.05) is 35.4 Å². The molecule has 1 aliphatic carbocycles. The van der Waals surface area contributed by atoms with E-state index in [-0.39, 0.29) is 0 Å². The van der Waals surface area contributed by atoms with Crippen LogP contribution in [0.3, 0.4) is 0 Å². The Morgan fingerprint density at radius 3 is 2.36 bits per heavy atom. The predicted molar refractivity (Wildman–Crippen MR) is 62.9 cm³/mol. The maximum Gasteiger partial charge on any atom is 0.0357 e. The Hall–Kier alpha value is 0.110. The summed E-state index contributed by atoms with van der Waals surface area (Å²) in [7, 11) is -0.655. The van der Waals surface area contributed by atoms with Gasteiger partial charge in [0.2, 0.25) is 0 Å². The molecule has 1 saturated carbocycles. The molecule has 0 aromatic rings. The van der Waals surface area contributed by atoms with Crippen molar-refractivity contribution in [2.75, 3.05) is 18.6 Å². The van der Waals surface area contributed by atoms with Crippen LogP contribution in [0.2, 0.25) is 0 Å². The molecule has 1 aliphatic rings. The molecule has 2 nitrogen and oxygen atoms in total. The van der Waals surface area contributed by atoms with Crippen molar-refractivity contribution in [1.82, 2.24) is 5.32 Å². The van der Waals surface area contributed by atoms with Gasteiger partial charge in [-0.3, -0.25) is 4.21 Å². The van der Waals surface area contributed by atoms with Gasteiger partial charge in [-0.2, -0.15) is 0 Å². The van der Waals surface area contributed by atoms with E-state index in [0.29, 0.717) is 6.04 Å². The van der Waals surface area contributed by atoms with Crippen LogP contribution in [-0.2, 0) is 10.8 Å². The second-order valence-electron chi connectivity index (χ2n) is 4.64. The lowest BCUT2D eigenvalue weighted by Crippen LogP contribution is -2.44. The van der Waals surface area contributed by atoms with E-state index in [2.05, 4.69) is 19.2 Å². The average molecular weight is 217 g/mol. The van der Waals surface area contributed by atoms with Gasteiger partial charge in [-0.15, -0.1) is 0 Å². The van der Waals surface area contributed by atoms with Gasteiger partial charge in [0.25, 0.3) is 0 Å². The molecule has 0 aromatic carbocycles. The first-order valence-corrected chi connectivity index (χ1v) is 7.37. The summed E-state index contributed by atoms with van der Waals surface area (Å²) < 4.78 is 10.9. The van der Waals surface area contributed by atoms with Crippen LogP contribution in [-0.4, -0.2) is 28.8 Å². The molecular weight excluding hydrogens is 194 g/mol. The van der Waals surface area contributed by atoms with Crippen molar-refractivity contribution in [3.8, 4) is 0 Å². The monoisotopic (exact) mass is 217 g/mol. The topological polar surface area (TPSA) is 29.1 Å². The summed E-state index contributed by atoms with van der Waals surface area (Å²) >= 11 is 0. The van der Waals surface area contributed by atoms with Crippen molar-refractivity contribution in [2.45, 2.75) is 39.2 Å². The number of hydrogen-bond acceptors (Lipinski definition) is 2. The first kappa shape index (κ1) is 12.2. The Morgan fingerprint density at radius 1 is 1.29 bits per heavy atom. The molecule has 1 rings (SSSR count). The SMILES string of the molecule is CC1CCCC(C)C1NCCS(C)=O. The van der Waals surface area contributed by atoms with Gasteiger partial charge in [-0.1, -0.05) is 20.3 Å². The van der Waals surface area contributed by atoms with E-state index in [1.165, 1.54) is 19.3 Å². The largest absolute Gasteiger partial charge is 0.313 e. The van der Waals surface area contributed by atoms with Crippen molar-refractivity contribution in [3.05, 3.63) is 0 Å². The fourth-order valence-corrected chi connectivity index (χ4v) is 2.86. The molecule has 0 amide bonds. The molecule has 0 aromatic heterocycles. The maximum absolute atomic E-state index is 10.9. The average Bonchev–Trinajstić information content (AvgIpc) is 2.09. The minimum absolute atomic E-state index is 0.646. The predicted octanol–water partition coefficient (Wildman–Crippen LogP) is 1.78. The third kappa shape index (κ3) is 3.70. The van der Waals surface area contributed by atoms with E-state index >= 15 is 0 Å². The molecule has 0 aliphatic heterocycles. The van der Waals surface area contributed by atoms with E-state index < -0.39 is 10.8 Å². The van der Waals surface area contributed by atoms with Crippen LogP contribution < -0.4 is 5.32 Å². The molecule has 3 unspecified atom stereocenters. The molecule has 0 heterocycles. The Balaban J connectivity index is 2.29. The summed E-state index contributed by atoms with van der Waals surface area (Å²) in [6, 6.07) is 0.646. The van der Waals surface area contributed by atoms with Crippen LogP contribution >= 0.6 is 0 Å². The molecule has 1 fully saturated rings. The first-order valence-electron chi connectivity index (χ1n) is 5.64. The van der Waals surface area contributed by atoms with Crippen LogP contribution in [0.15, 0.2) is 0 Å². The van der Waals surface area contributed by atoms with Crippen LogP contribution in [0.4, 0.5) is 0 Å². The van der Waals surface area contributed by atoms with Gasteiger partial charge < -0.3 is 5.32 Å². The van der Waals surface area contributed by atoms with E-state index in [4.69, 9.17) is 0 Å². The smallest absolute Gasteiger partial charge is 0.0357 e. The lowest BCUT2D eigenvalue weighted by molar-refractivity contribution is 0.212. The Kier molecular flexibility index (Phi) is 5.10. The summed E-state index contributed by atoms with van der Waals surface area (Å²) in [6.45, 7) is 5.56. The van der Waals surface area contributed by atoms with Crippen molar-refractivity contribution >= 4 is 10.8 Å². The summed E-state index contributed by atoms with van der Waals surface area (Å²) in [5.74, 6) is 2.35. The summed E-state index contributed by atoms with van der Waals surface area (Å²) in [5.41, 5.74) is 0. The minimum atomic E-state index is -0.655. The van der Waals surface area contributed by atoms with Crippen LogP contribution in [0.5, 0.6) is 0 Å². The fourth-order valence-electron chi connectivity index (χ4n) is 2.45. The highest BCUT2D eigenvalue weighted by Crippen LogP contribution is 2.28. The third-order valence-corrected chi connectivity index (χ3v) is 4.09. The second-order valence-corrected chi connectivity index (χ2v) is 6.20. The van der Waals surface area contributed by atoms with Gasteiger partial charge in [0.15, 0.2) is 0 Å². The molecule has 3 heteroatoms. The van der Waals surface area contributed by atoms with E-state index in [1.54, 1.807) is 6.26 Å². The van der Waals surface area contributed by atoms with E-state index in [1.807, 2.05) is 0 Å². The molecule has 14 heavy (non-hydrogen) atoms. The van der Waals surface area contributed by atoms with Gasteiger partial charge >= 0.3 is 0 Å². The molecule has 0 saturated heterocycles. The highest BCUT2D eigenvalue weighted by molar-refractivity contribution is 7.84. The van der Waals surface area contributed by atoms with Crippen LogP contribution in [0.25, 0.3) is 0 Å². The van der Waals surface area contributed by atoms with Gasteiger partial charge in [-0.05, 0) is 24.7 Å². The van der Waals surface area contributed by atoms with Gasteiger partial charge in [0.1, 0.15) is 0 Å². The number of hydrogen-bond donors (Lipinski definition) is 1. The Bertz CT molecular complexity index is 186. The van der Waals surface area contributed by atoms with Crippen molar-refractivity contribution < 1.29 is 4.21 Å². The standard InChI is InChI=1S/C11H23NOS/c1-9-5-4-6-10(2)11(9)12-7-8-14(3)13/h9-12H,4-8H2,1-3H3. The maximum atomic E-state index is 10.9.